The van der Waals surface area contributed by atoms with Crippen molar-refractivity contribution >= 4 is 98.1 Å². The molecule has 13 aromatic rings. The molecule has 4 nitrogen and oxygen atoms in total. The Kier molecular flexibility index (Phi) is 7.98. The molecule has 0 aliphatic heterocycles. The van der Waals surface area contributed by atoms with Gasteiger partial charge in [-0.05, 0) is 190 Å². The molecular weight excluding hydrogens is 801 g/mol. The van der Waals surface area contributed by atoms with Crippen LogP contribution in [0.15, 0.2) is 158 Å². The highest BCUT2D eigenvalue weighted by molar-refractivity contribution is 6.35. The van der Waals surface area contributed by atoms with Gasteiger partial charge in [0.15, 0.2) is 0 Å². The molecule has 0 fully saturated rings. The smallest absolute Gasteiger partial charge is 0.0542 e. The van der Waals surface area contributed by atoms with Crippen LogP contribution in [0.3, 0.4) is 0 Å². The van der Waals surface area contributed by atoms with Gasteiger partial charge < -0.3 is 20.6 Å². The maximum atomic E-state index is 6.50. The Morgan fingerprint density at radius 1 is 0.303 bits per heavy atom. The second-order valence-electron chi connectivity index (χ2n) is 19.0. The number of hydrogen-bond acceptors (Lipinski definition) is 2. The molecule has 0 spiro atoms. The highest BCUT2D eigenvalue weighted by Gasteiger charge is 2.22. The lowest BCUT2D eigenvalue weighted by Gasteiger charge is -2.18. The number of nitrogens with two attached hydrogens (primary N) is 2. The summed E-state index contributed by atoms with van der Waals surface area (Å²) in [6, 6.07) is 58.9. The first-order valence-electron chi connectivity index (χ1n) is 23.0. The first-order chi connectivity index (χ1) is 32.0. The standard InChI is InChI=1S/C62H48N4/c1-33-25-35(3)61(36(4)26-33)65-55-21-13-39(29-51(55)53-31-41(63)15-23-57(53)65)43-17-19-49-50-20-18-44(46-10-8-12-48(60(46)50)47-11-7-9-45(43)59(47)49)40-14-22-56-52(30-40)54-32-42(64)16-24-58(54)66(56)62-37(5)27-34(2)28-38(62)6/h7-32H,63-64H2,1-6H3. The summed E-state index contributed by atoms with van der Waals surface area (Å²) in [5, 5.41) is 14.9. The van der Waals surface area contributed by atoms with Gasteiger partial charge in [0.1, 0.15) is 0 Å². The third-order valence-corrected chi connectivity index (χ3v) is 14.6. The second-order valence-corrected chi connectivity index (χ2v) is 19.0. The van der Waals surface area contributed by atoms with Crippen molar-refractivity contribution in [1.29, 1.82) is 0 Å². The van der Waals surface area contributed by atoms with Gasteiger partial charge in [-0.15, -0.1) is 0 Å². The lowest BCUT2D eigenvalue weighted by Crippen LogP contribution is -2.01. The third kappa shape index (κ3) is 5.33. The summed E-state index contributed by atoms with van der Waals surface area (Å²) in [5.74, 6) is 0. The average Bonchev–Trinajstić information content (AvgIpc) is 3.77. The average molecular weight is 849 g/mol. The molecule has 0 aliphatic rings. The van der Waals surface area contributed by atoms with Gasteiger partial charge in [-0.3, -0.25) is 0 Å². The van der Waals surface area contributed by atoms with Gasteiger partial charge in [0.25, 0.3) is 0 Å². The fourth-order valence-corrected chi connectivity index (χ4v) is 12.2. The molecule has 316 valence electrons. The Bertz CT molecular complexity index is 3910. The Labute approximate surface area is 383 Å². The van der Waals surface area contributed by atoms with Gasteiger partial charge in [-0.1, -0.05) is 108 Å². The molecule has 0 saturated carbocycles. The summed E-state index contributed by atoms with van der Waals surface area (Å²) in [6.07, 6.45) is 0. The molecule has 0 unspecified atom stereocenters. The van der Waals surface area contributed by atoms with Crippen molar-refractivity contribution in [2.75, 3.05) is 11.5 Å². The third-order valence-electron chi connectivity index (χ3n) is 14.6. The fourth-order valence-electron chi connectivity index (χ4n) is 12.2. The van der Waals surface area contributed by atoms with Crippen molar-refractivity contribution < 1.29 is 0 Å². The molecule has 0 saturated heterocycles. The van der Waals surface area contributed by atoms with E-state index in [4.69, 9.17) is 11.5 Å². The zero-order chi connectivity index (χ0) is 44.9. The summed E-state index contributed by atoms with van der Waals surface area (Å²) in [7, 11) is 0. The molecule has 0 amide bonds. The van der Waals surface area contributed by atoms with Gasteiger partial charge in [0, 0.05) is 32.9 Å². The molecule has 4 N–H and O–H groups in total. The fraction of sp³-hybridized carbons (Fsp3) is 0.0968. The molecule has 2 heterocycles. The zero-order valence-corrected chi connectivity index (χ0v) is 38.1. The van der Waals surface area contributed by atoms with Crippen molar-refractivity contribution in [3.63, 3.8) is 0 Å². The number of aromatic nitrogens is 2. The van der Waals surface area contributed by atoms with Crippen LogP contribution >= 0.6 is 0 Å². The van der Waals surface area contributed by atoms with E-state index >= 15 is 0 Å². The number of hydrogen-bond donors (Lipinski definition) is 2. The van der Waals surface area contributed by atoms with Crippen molar-refractivity contribution in [3.05, 3.63) is 191 Å². The van der Waals surface area contributed by atoms with E-state index in [9.17, 15) is 0 Å². The summed E-state index contributed by atoms with van der Waals surface area (Å²) in [5.41, 5.74) is 34.1. The van der Waals surface area contributed by atoms with Crippen LogP contribution in [0.1, 0.15) is 33.4 Å². The Balaban J connectivity index is 1.00. The van der Waals surface area contributed by atoms with Crippen LogP contribution in [-0.2, 0) is 0 Å². The number of anilines is 2. The molecular formula is C62H48N4. The Morgan fingerprint density at radius 3 is 1.03 bits per heavy atom. The number of rotatable bonds is 4. The van der Waals surface area contributed by atoms with Crippen molar-refractivity contribution in [2.24, 2.45) is 0 Å². The van der Waals surface area contributed by atoms with E-state index in [0.29, 0.717) is 0 Å². The highest BCUT2D eigenvalue weighted by atomic mass is 15.0. The first kappa shape index (κ1) is 38.4. The molecule has 0 atom stereocenters. The van der Waals surface area contributed by atoms with Gasteiger partial charge >= 0.3 is 0 Å². The quantitative estimate of drug-likeness (QED) is 0.105. The topological polar surface area (TPSA) is 61.9 Å². The Morgan fingerprint density at radius 2 is 0.636 bits per heavy atom. The van der Waals surface area contributed by atoms with Crippen LogP contribution in [0, 0.1) is 41.5 Å². The number of benzene rings is 11. The van der Waals surface area contributed by atoms with E-state index in [1.54, 1.807) is 0 Å². The number of nitrogen functional groups attached to an aromatic ring is 2. The molecule has 4 heteroatoms. The molecule has 66 heavy (non-hydrogen) atoms. The van der Waals surface area contributed by atoms with E-state index in [-0.39, 0.29) is 0 Å². The van der Waals surface area contributed by atoms with Gasteiger partial charge in [0.05, 0.1) is 33.4 Å². The van der Waals surface area contributed by atoms with Crippen LogP contribution in [0.25, 0.3) is 120 Å². The monoisotopic (exact) mass is 848 g/mol. The lowest BCUT2D eigenvalue weighted by atomic mass is 9.85. The molecule has 0 radical (unpaired) electrons. The minimum Gasteiger partial charge on any atom is -0.399 e. The normalized spacial score (nSPS) is 12.2. The van der Waals surface area contributed by atoms with Crippen LogP contribution in [-0.4, -0.2) is 9.13 Å². The molecule has 11 aromatic carbocycles. The van der Waals surface area contributed by atoms with Crippen LogP contribution < -0.4 is 11.5 Å². The number of nitrogens with zero attached hydrogens (tertiary/aromatic N) is 2. The van der Waals surface area contributed by atoms with Crippen molar-refractivity contribution in [1.82, 2.24) is 9.13 Å². The van der Waals surface area contributed by atoms with E-state index in [0.717, 1.165) is 33.2 Å². The maximum Gasteiger partial charge on any atom is 0.0542 e. The predicted octanol–water partition coefficient (Wildman–Crippen LogP) is 16.3. The van der Waals surface area contributed by atoms with Gasteiger partial charge in [0.2, 0.25) is 0 Å². The number of aryl methyl sites for hydroxylation is 6. The summed E-state index contributed by atoms with van der Waals surface area (Å²) in [4.78, 5) is 0. The minimum atomic E-state index is 0.767. The maximum absolute atomic E-state index is 6.50. The summed E-state index contributed by atoms with van der Waals surface area (Å²) < 4.78 is 4.86. The molecule has 0 aliphatic carbocycles. The van der Waals surface area contributed by atoms with E-state index < -0.39 is 0 Å². The van der Waals surface area contributed by atoms with Crippen LogP contribution in [0.5, 0.6) is 0 Å². The molecule has 13 rings (SSSR count). The summed E-state index contributed by atoms with van der Waals surface area (Å²) in [6.45, 7) is 13.2. The van der Waals surface area contributed by atoms with Crippen molar-refractivity contribution in [2.45, 2.75) is 41.5 Å². The van der Waals surface area contributed by atoms with Crippen LogP contribution in [0.4, 0.5) is 11.4 Å². The van der Waals surface area contributed by atoms with E-state index in [2.05, 4.69) is 196 Å². The van der Waals surface area contributed by atoms with E-state index in [1.165, 1.54) is 132 Å². The molecule has 2 aromatic heterocycles. The SMILES string of the molecule is Cc1cc(C)c(-n2c3ccc(N)cc3c3cc(-c4ccc5c6ccc(-c7ccc8c(c7)c7cc(N)ccc7n8-c7c(C)cc(C)cc7C)c7cccc(c8cccc4c85)c76)ccc32)c(C)c1. The summed E-state index contributed by atoms with van der Waals surface area (Å²) >= 11 is 0. The minimum absolute atomic E-state index is 0.767. The first-order valence-corrected chi connectivity index (χ1v) is 23.0. The predicted molar refractivity (Wildman–Crippen MR) is 284 cm³/mol. The van der Waals surface area contributed by atoms with Gasteiger partial charge in [-0.25, -0.2) is 0 Å². The zero-order valence-electron chi connectivity index (χ0n) is 38.1. The van der Waals surface area contributed by atoms with Gasteiger partial charge in [-0.2, -0.15) is 0 Å². The second kappa shape index (κ2) is 13.7. The van der Waals surface area contributed by atoms with Crippen molar-refractivity contribution in [3.8, 4) is 33.6 Å². The van der Waals surface area contributed by atoms with E-state index in [1.807, 2.05) is 12.1 Å². The number of fused-ring (bicyclic) bond motifs is 8. The lowest BCUT2D eigenvalue weighted by molar-refractivity contribution is 1.11. The largest absolute Gasteiger partial charge is 0.399 e. The highest BCUT2D eigenvalue weighted by Crippen LogP contribution is 2.47. The Hall–Kier alpha value is -8.08. The van der Waals surface area contributed by atoms with Crippen LogP contribution in [0.2, 0.25) is 0 Å². The molecule has 0 bridgehead atoms.